The molecule has 0 saturated heterocycles. The first-order valence-electron chi connectivity index (χ1n) is 7.46. The highest BCUT2D eigenvalue weighted by Gasteiger charge is 2.06. The number of rotatable bonds is 5. The maximum absolute atomic E-state index is 11.9. The van der Waals surface area contributed by atoms with Crippen LogP contribution < -0.4 is 16.0 Å². The number of hydrogen-bond acceptors (Lipinski definition) is 3. The van der Waals surface area contributed by atoms with Crippen LogP contribution in [-0.4, -0.2) is 24.8 Å². The largest absolute Gasteiger partial charge is 0.355 e. The van der Waals surface area contributed by atoms with Crippen molar-refractivity contribution in [2.75, 3.05) is 12.4 Å². The van der Waals surface area contributed by atoms with E-state index in [0.29, 0.717) is 23.4 Å². The minimum atomic E-state index is -0.369. The van der Waals surface area contributed by atoms with Crippen molar-refractivity contribution in [3.63, 3.8) is 0 Å². The summed E-state index contributed by atoms with van der Waals surface area (Å²) in [6.45, 7) is 1.80. The SMILES string of the molecule is CNC(=O)c1ccc(CNC(=O)Nc2cccc(C(C)=O)c2)cc1. The van der Waals surface area contributed by atoms with E-state index in [1.54, 1.807) is 55.6 Å². The molecule has 2 aromatic carbocycles. The summed E-state index contributed by atoms with van der Waals surface area (Å²) in [4.78, 5) is 34.7. The molecule has 0 aromatic heterocycles. The standard InChI is InChI=1S/C18H19N3O3/c1-12(22)15-4-3-5-16(10-15)21-18(24)20-11-13-6-8-14(9-7-13)17(23)19-2/h3-10H,11H2,1-2H3,(H,19,23)(H2,20,21,24). The Morgan fingerprint density at radius 2 is 1.67 bits per heavy atom. The summed E-state index contributed by atoms with van der Waals surface area (Å²) < 4.78 is 0. The van der Waals surface area contributed by atoms with Gasteiger partial charge < -0.3 is 16.0 Å². The summed E-state index contributed by atoms with van der Waals surface area (Å²) >= 11 is 0. The average Bonchev–Trinajstić information content (AvgIpc) is 2.60. The van der Waals surface area contributed by atoms with Crippen LogP contribution in [0.1, 0.15) is 33.2 Å². The summed E-state index contributed by atoms with van der Waals surface area (Å²) in [5.74, 6) is -0.215. The monoisotopic (exact) mass is 325 g/mol. The molecule has 0 saturated carbocycles. The van der Waals surface area contributed by atoms with E-state index in [1.807, 2.05) is 0 Å². The lowest BCUT2D eigenvalue weighted by molar-refractivity contribution is 0.0961. The molecule has 0 atom stereocenters. The first kappa shape index (κ1) is 17.2. The Kier molecular flexibility index (Phi) is 5.68. The van der Waals surface area contributed by atoms with Crippen LogP contribution in [0.2, 0.25) is 0 Å². The highest BCUT2D eigenvalue weighted by Crippen LogP contribution is 2.11. The van der Waals surface area contributed by atoms with E-state index in [0.717, 1.165) is 5.56 Å². The number of urea groups is 1. The molecule has 6 heteroatoms. The number of benzene rings is 2. The van der Waals surface area contributed by atoms with Gasteiger partial charge in [0.25, 0.3) is 5.91 Å². The molecule has 24 heavy (non-hydrogen) atoms. The second-order valence-electron chi connectivity index (χ2n) is 5.22. The third-order valence-electron chi connectivity index (χ3n) is 3.42. The van der Waals surface area contributed by atoms with Crippen molar-refractivity contribution < 1.29 is 14.4 Å². The van der Waals surface area contributed by atoms with Crippen molar-refractivity contribution in [1.29, 1.82) is 0 Å². The van der Waals surface area contributed by atoms with Crippen LogP contribution in [0.15, 0.2) is 48.5 Å². The van der Waals surface area contributed by atoms with Crippen LogP contribution >= 0.6 is 0 Å². The van der Waals surface area contributed by atoms with Gasteiger partial charge >= 0.3 is 6.03 Å². The van der Waals surface area contributed by atoms with Crippen LogP contribution in [-0.2, 0) is 6.54 Å². The number of nitrogens with one attached hydrogen (secondary N) is 3. The quantitative estimate of drug-likeness (QED) is 0.738. The van der Waals surface area contributed by atoms with Gasteiger partial charge in [-0.2, -0.15) is 0 Å². The molecule has 3 N–H and O–H groups in total. The minimum absolute atomic E-state index is 0.0599. The molecule has 2 rings (SSSR count). The van der Waals surface area contributed by atoms with Gasteiger partial charge in [-0.1, -0.05) is 24.3 Å². The lowest BCUT2D eigenvalue weighted by atomic mass is 10.1. The molecular weight excluding hydrogens is 306 g/mol. The van der Waals surface area contributed by atoms with E-state index in [9.17, 15) is 14.4 Å². The van der Waals surface area contributed by atoms with Crippen LogP contribution in [0.5, 0.6) is 0 Å². The Hall–Kier alpha value is -3.15. The van der Waals surface area contributed by atoms with E-state index in [-0.39, 0.29) is 17.7 Å². The van der Waals surface area contributed by atoms with E-state index in [1.165, 1.54) is 6.92 Å². The number of hydrogen-bond donors (Lipinski definition) is 3. The molecule has 0 heterocycles. The molecule has 2 aromatic rings. The van der Waals surface area contributed by atoms with Gasteiger partial charge in [0, 0.05) is 30.4 Å². The Morgan fingerprint density at radius 1 is 0.958 bits per heavy atom. The molecule has 0 aliphatic rings. The molecule has 3 amide bonds. The van der Waals surface area contributed by atoms with Gasteiger partial charge in [0.15, 0.2) is 5.78 Å². The van der Waals surface area contributed by atoms with Gasteiger partial charge in [0.1, 0.15) is 0 Å². The number of anilines is 1. The van der Waals surface area contributed by atoms with Crippen molar-refractivity contribution in [2.24, 2.45) is 0 Å². The molecule has 0 spiro atoms. The molecule has 6 nitrogen and oxygen atoms in total. The lowest BCUT2D eigenvalue weighted by Gasteiger charge is -2.09. The first-order valence-corrected chi connectivity index (χ1v) is 7.46. The van der Waals surface area contributed by atoms with Gasteiger partial charge in [-0.25, -0.2) is 4.79 Å². The molecule has 124 valence electrons. The molecule has 0 aliphatic heterocycles. The van der Waals surface area contributed by atoms with Crippen molar-refractivity contribution >= 4 is 23.4 Å². The summed E-state index contributed by atoms with van der Waals surface area (Å²) in [5.41, 5.74) is 2.52. The summed E-state index contributed by atoms with van der Waals surface area (Å²) in [7, 11) is 1.57. The van der Waals surface area contributed by atoms with E-state index in [2.05, 4.69) is 16.0 Å². The Balaban J connectivity index is 1.90. The number of Topliss-reactive ketones (excluding diaryl/α,β-unsaturated/α-hetero) is 1. The maximum Gasteiger partial charge on any atom is 0.319 e. The summed E-state index contributed by atoms with van der Waals surface area (Å²) in [6.07, 6.45) is 0. The van der Waals surface area contributed by atoms with Crippen molar-refractivity contribution in [2.45, 2.75) is 13.5 Å². The fourth-order valence-corrected chi connectivity index (χ4v) is 2.09. The molecule has 0 aliphatic carbocycles. The average molecular weight is 325 g/mol. The predicted octanol–water partition coefficient (Wildman–Crippen LogP) is 2.57. The third kappa shape index (κ3) is 4.67. The van der Waals surface area contributed by atoms with Gasteiger partial charge in [0.2, 0.25) is 0 Å². The fourth-order valence-electron chi connectivity index (χ4n) is 2.09. The maximum atomic E-state index is 11.9. The highest BCUT2D eigenvalue weighted by atomic mass is 16.2. The van der Waals surface area contributed by atoms with Crippen molar-refractivity contribution in [3.05, 3.63) is 65.2 Å². The number of amides is 3. The van der Waals surface area contributed by atoms with Gasteiger partial charge in [-0.05, 0) is 36.8 Å². The fraction of sp³-hybridized carbons (Fsp3) is 0.167. The molecule has 0 bridgehead atoms. The van der Waals surface area contributed by atoms with Gasteiger partial charge in [-0.3, -0.25) is 9.59 Å². The zero-order chi connectivity index (χ0) is 17.5. The first-order chi connectivity index (χ1) is 11.5. The number of carbonyl (C=O) groups excluding carboxylic acids is 3. The highest BCUT2D eigenvalue weighted by molar-refractivity contribution is 5.96. The topological polar surface area (TPSA) is 87.3 Å². The Morgan fingerprint density at radius 3 is 2.29 bits per heavy atom. The van der Waals surface area contributed by atoms with E-state index < -0.39 is 0 Å². The number of ketones is 1. The predicted molar refractivity (Wildman–Crippen MR) is 92.1 cm³/mol. The zero-order valence-electron chi connectivity index (χ0n) is 13.6. The Bertz CT molecular complexity index is 754. The summed E-state index contributed by atoms with van der Waals surface area (Å²) in [5, 5.41) is 7.95. The second-order valence-corrected chi connectivity index (χ2v) is 5.22. The van der Waals surface area contributed by atoms with Crippen LogP contribution in [0.25, 0.3) is 0 Å². The number of carbonyl (C=O) groups is 3. The normalized spacial score (nSPS) is 9.92. The van der Waals surface area contributed by atoms with Crippen LogP contribution in [0.3, 0.4) is 0 Å². The third-order valence-corrected chi connectivity index (χ3v) is 3.42. The molecular formula is C18H19N3O3. The molecule has 0 fully saturated rings. The van der Waals surface area contributed by atoms with E-state index >= 15 is 0 Å². The van der Waals surface area contributed by atoms with Gasteiger partial charge in [0.05, 0.1) is 0 Å². The molecule has 0 unspecified atom stereocenters. The van der Waals surface area contributed by atoms with Crippen molar-refractivity contribution in [1.82, 2.24) is 10.6 Å². The van der Waals surface area contributed by atoms with Gasteiger partial charge in [-0.15, -0.1) is 0 Å². The Labute approximate surface area is 140 Å². The smallest absolute Gasteiger partial charge is 0.319 e. The van der Waals surface area contributed by atoms with Crippen LogP contribution in [0, 0.1) is 0 Å². The van der Waals surface area contributed by atoms with Crippen molar-refractivity contribution in [3.8, 4) is 0 Å². The minimum Gasteiger partial charge on any atom is -0.355 e. The van der Waals surface area contributed by atoms with Crippen LogP contribution in [0.4, 0.5) is 10.5 Å². The van der Waals surface area contributed by atoms with E-state index in [4.69, 9.17) is 0 Å². The summed E-state index contributed by atoms with van der Waals surface area (Å²) in [6, 6.07) is 13.3. The molecule has 0 radical (unpaired) electrons. The lowest BCUT2D eigenvalue weighted by Crippen LogP contribution is -2.28. The zero-order valence-corrected chi connectivity index (χ0v) is 13.6. The second kappa shape index (κ2) is 7.92.